The highest BCUT2D eigenvalue weighted by Crippen LogP contribution is 2.14. The molecule has 7 heteroatoms. The third kappa shape index (κ3) is 3.78. The summed E-state index contributed by atoms with van der Waals surface area (Å²) >= 11 is 0. The molecule has 0 saturated carbocycles. The zero-order chi connectivity index (χ0) is 14.6. The molecule has 1 atom stereocenters. The predicted molar refractivity (Wildman–Crippen MR) is 72.2 cm³/mol. The van der Waals surface area contributed by atoms with Gasteiger partial charge in [0.2, 0.25) is 10.0 Å². The van der Waals surface area contributed by atoms with Crippen molar-refractivity contribution in [3.05, 3.63) is 29.8 Å². The molecule has 1 unspecified atom stereocenters. The summed E-state index contributed by atoms with van der Waals surface area (Å²) in [7, 11) is -3.63. The molecule has 0 spiro atoms. The van der Waals surface area contributed by atoms with Gasteiger partial charge in [0.15, 0.2) is 0 Å². The lowest BCUT2D eigenvalue weighted by molar-refractivity contribution is 0.0200. The third-order valence-electron chi connectivity index (χ3n) is 3.19. The van der Waals surface area contributed by atoms with Gasteiger partial charge < -0.3 is 9.84 Å². The van der Waals surface area contributed by atoms with Gasteiger partial charge in [-0.15, -0.1) is 0 Å². The first-order valence-corrected chi connectivity index (χ1v) is 7.92. The predicted octanol–water partition coefficient (Wildman–Crippen LogP) is 1.23. The molecule has 1 aliphatic rings. The van der Waals surface area contributed by atoms with Crippen LogP contribution >= 0.6 is 0 Å². The Morgan fingerprint density at radius 2 is 2.00 bits per heavy atom. The Labute approximate surface area is 117 Å². The summed E-state index contributed by atoms with van der Waals surface area (Å²) < 4.78 is 32.0. The highest BCUT2D eigenvalue weighted by Gasteiger charge is 2.19. The molecule has 1 aromatic rings. The number of benzene rings is 1. The summed E-state index contributed by atoms with van der Waals surface area (Å²) in [5, 5.41) is 8.77. The molecule has 1 fully saturated rings. The van der Waals surface area contributed by atoms with Crippen LogP contribution in [0.3, 0.4) is 0 Å². The maximum absolute atomic E-state index is 12.0. The fourth-order valence-corrected chi connectivity index (χ4v) is 3.10. The molecular formula is C13H17NO5S. The number of carbonyl (C=O) groups is 1. The van der Waals surface area contributed by atoms with E-state index in [4.69, 9.17) is 9.84 Å². The SMILES string of the molecule is O=C(O)c1ccc(S(=O)(=O)NCC2CCCCO2)cc1. The first kappa shape index (κ1) is 15.0. The van der Waals surface area contributed by atoms with Crippen LogP contribution in [0.5, 0.6) is 0 Å². The van der Waals surface area contributed by atoms with Crippen LogP contribution in [0.1, 0.15) is 29.6 Å². The molecule has 1 aromatic carbocycles. The van der Waals surface area contributed by atoms with Gasteiger partial charge in [-0.1, -0.05) is 0 Å². The topological polar surface area (TPSA) is 92.7 Å². The molecule has 0 aliphatic carbocycles. The molecule has 0 bridgehead atoms. The Bertz CT molecular complexity index is 561. The zero-order valence-corrected chi connectivity index (χ0v) is 11.7. The number of carboxylic acids is 1. The van der Waals surface area contributed by atoms with Crippen LogP contribution in [0, 0.1) is 0 Å². The van der Waals surface area contributed by atoms with Crippen molar-refractivity contribution in [2.75, 3.05) is 13.2 Å². The molecular weight excluding hydrogens is 282 g/mol. The van der Waals surface area contributed by atoms with E-state index in [2.05, 4.69) is 4.72 Å². The van der Waals surface area contributed by atoms with Gasteiger partial charge in [0.1, 0.15) is 0 Å². The van der Waals surface area contributed by atoms with E-state index in [1.807, 2.05) is 0 Å². The van der Waals surface area contributed by atoms with Crippen molar-refractivity contribution in [3.8, 4) is 0 Å². The molecule has 110 valence electrons. The smallest absolute Gasteiger partial charge is 0.335 e. The van der Waals surface area contributed by atoms with E-state index >= 15 is 0 Å². The quantitative estimate of drug-likeness (QED) is 0.853. The minimum absolute atomic E-state index is 0.0540. The van der Waals surface area contributed by atoms with Gasteiger partial charge in [0.05, 0.1) is 16.6 Å². The van der Waals surface area contributed by atoms with E-state index < -0.39 is 16.0 Å². The Morgan fingerprint density at radius 3 is 2.55 bits per heavy atom. The molecule has 2 N–H and O–H groups in total. The van der Waals surface area contributed by atoms with E-state index in [0.29, 0.717) is 6.61 Å². The molecule has 20 heavy (non-hydrogen) atoms. The standard InChI is InChI=1S/C13H17NO5S/c15-13(16)10-4-6-12(7-5-10)20(17,18)14-9-11-3-1-2-8-19-11/h4-7,11,14H,1-3,8-9H2,(H,15,16). The molecule has 0 aromatic heterocycles. The molecule has 6 nitrogen and oxygen atoms in total. The number of sulfonamides is 1. The lowest BCUT2D eigenvalue weighted by atomic mass is 10.1. The van der Waals surface area contributed by atoms with Crippen molar-refractivity contribution < 1.29 is 23.1 Å². The number of ether oxygens (including phenoxy) is 1. The van der Waals surface area contributed by atoms with E-state index in [1.165, 1.54) is 24.3 Å². The third-order valence-corrected chi connectivity index (χ3v) is 4.63. The molecule has 1 aliphatic heterocycles. The molecule has 0 radical (unpaired) electrons. The number of hydrogen-bond acceptors (Lipinski definition) is 4. The number of nitrogens with one attached hydrogen (secondary N) is 1. The highest BCUT2D eigenvalue weighted by molar-refractivity contribution is 7.89. The Morgan fingerprint density at radius 1 is 1.30 bits per heavy atom. The van der Waals surface area contributed by atoms with Gasteiger partial charge in [0.25, 0.3) is 0 Å². The van der Waals surface area contributed by atoms with Gasteiger partial charge in [-0.3, -0.25) is 0 Å². The van der Waals surface area contributed by atoms with Gasteiger partial charge >= 0.3 is 5.97 Å². The van der Waals surface area contributed by atoms with Crippen molar-refractivity contribution in [1.82, 2.24) is 4.72 Å². The fraction of sp³-hybridized carbons (Fsp3) is 0.462. The summed E-state index contributed by atoms with van der Waals surface area (Å²) in [5.74, 6) is -1.09. The fourth-order valence-electron chi connectivity index (χ4n) is 2.03. The van der Waals surface area contributed by atoms with Crippen molar-refractivity contribution in [3.63, 3.8) is 0 Å². The van der Waals surface area contributed by atoms with Gasteiger partial charge in [-0.25, -0.2) is 17.9 Å². The molecule has 2 rings (SSSR count). The number of aromatic carboxylic acids is 1. The van der Waals surface area contributed by atoms with Crippen molar-refractivity contribution in [1.29, 1.82) is 0 Å². The van der Waals surface area contributed by atoms with E-state index in [1.54, 1.807) is 0 Å². The number of carboxylic acid groups (broad SMARTS) is 1. The Balaban J connectivity index is 2.00. The van der Waals surface area contributed by atoms with E-state index in [9.17, 15) is 13.2 Å². The monoisotopic (exact) mass is 299 g/mol. The van der Waals surface area contributed by atoms with Crippen LogP contribution in [-0.4, -0.2) is 38.7 Å². The van der Waals surface area contributed by atoms with Gasteiger partial charge in [-0.2, -0.15) is 0 Å². The second-order valence-corrected chi connectivity index (χ2v) is 6.44. The summed E-state index contributed by atoms with van der Waals surface area (Å²) in [6.07, 6.45) is 2.82. The van der Waals surface area contributed by atoms with Crippen LogP contribution in [0.15, 0.2) is 29.2 Å². The van der Waals surface area contributed by atoms with Crippen LogP contribution in [0.2, 0.25) is 0 Å². The summed E-state index contributed by atoms with van der Waals surface area (Å²) in [6.45, 7) is 0.905. The Kier molecular flexibility index (Phi) is 4.74. The lowest BCUT2D eigenvalue weighted by Crippen LogP contribution is -2.35. The normalized spacial score (nSPS) is 19.7. The van der Waals surface area contributed by atoms with Gasteiger partial charge in [-0.05, 0) is 43.5 Å². The molecule has 0 amide bonds. The minimum Gasteiger partial charge on any atom is -0.478 e. The second-order valence-electron chi connectivity index (χ2n) is 4.67. The average Bonchev–Trinajstić information content (AvgIpc) is 2.46. The van der Waals surface area contributed by atoms with Crippen molar-refractivity contribution >= 4 is 16.0 Å². The van der Waals surface area contributed by atoms with Crippen LogP contribution < -0.4 is 4.72 Å². The minimum atomic E-state index is -3.63. The molecule has 1 saturated heterocycles. The summed E-state index contributed by atoms with van der Waals surface area (Å²) in [6, 6.07) is 5.11. The first-order chi connectivity index (χ1) is 9.49. The van der Waals surface area contributed by atoms with E-state index in [-0.39, 0.29) is 23.1 Å². The van der Waals surface area contributed by atoms with E-state index in [0.717, 1.165) is 19.3 Å². The maximum Gasteiger partial charge on any atom is 0.335 e. The van der Waals surface area contributed by atoms with Gasteiger partial charge in [0, 0.05) is 13.2 Å². The van der Waals surface area contributed by atoms with Crippen LogP contribution in [0.25, 0.3) is 0 Å². The van der Waals surface area contributed by atoms with Crippen molar-refractivity contribution in [2.24, 2.45) is 0 Å². The molecule has 1 heterocycles. The number of rotatable bonds is 5. The maximum atomic E-state index is 12.0. The average molecular weight is 299 g/mol. The Hall–Kier alpha value is -1.44. The number of hydrogen-bond donors (Lipinski definition) is 2. The summed E-state index contributed by atoms with van der Waals surface area (Å²) in [4.78, 5) is 10.8. The zero-order valence-electron chi connectivity index (χ0n) is 10.9. The van der Waals surface area contributed by atoms with Crippen LogP contribution in [0.4, 0.5) is 0 Å². The highest BCUT2D eigenvalue weighted by atomic mass is 32.2. The summed E-state index contributed by atoms with van der Waals surface area (Å²) in [5.41, 5.74) is 0.0552. The second kappa shape index (κ2) is 6.34. The van der Waals surface area contributed by atoms with Crippen molar-refractivity contribution in [2.45, 2.75) is 30.3 Å². The van der Waals surface area contributed by atoms with Crippen LogP contribution in [-0.2, 0) is 14.8 Å². The lowest BCUT2D eigenvalue weighted by Gasteiger charge is -2.22. The first-order valence-electron chi connectivity index (χ1n) is 6.44. The largest absolute Gasteiger partial charge is 0.478 e.